The first kappa shape index (κ1) is 17.4. The summed E-state index contributed by atoms with van der Waals surface area (Å²) in [6.07, 6.45) is 4.38. The van der Waals surface area contributed by atoms with Crippen LogP contribution in [-0.2, 0) is 10.0 Å². The lowest BCUT2D eigenvalue weighted by Crippen LogP contribution is -2.48. The van der Waals surface area contributed by atoms with Crippen molar-refractivity contribution >= 4 is 27.3 Å². The lowest BCUT2D eigenvalue weighted by atomic mass is 10.2. The summed E-state index contributed by atoms with van der Waals surface area (Å²) in [5, 5.41) is 2.83. The first-order chi connectivity index (χ1) is 11.9. The number of nitrogens with zero attached hydrogens (tertiary/aromatic N) is 3. The monoisotopic (exact) mass is 360 g/mol. The highest BCUT2D eigenvalue weighted by Crippen LogP contribution is 2.20. The van der Waals surface area contributed by atoms with E-state index >= 15 is 0 Å². The summed E-state index contributed by atoms with van der Waals surface area (Å²) in [6, 6.07) is 11.0. The van der Waals surface area contributed by atoms with Crippen molar-refractivity contribution in [2.75, 3.05) is 42.7 Å². The van der Waals surface area contributed by atoms with Gasteiger partial charge in [0, 0.05) is 49.9 Å². The summed E-state index contributed by atoms with van der Waals surface area (Å²) in [5.74, 6) is -0.206. The van der Waals surface area contributed by atoms with Crippen molar-refractivity contribution in [3.05, 3.63) is 54.4 Å². The highest BCUT2D eigenvalue weighted by Gasteiger charge is 2.23. The van der Waals surface area contributed by atoms with E-state index in [1.165, 1.54) is 16.8 Å². The van der Waals surface area contributed by atoms with Gasteiger partial charge in [-0.1, -0.05) is 0 Å². The molecule has 25 heavy (non-hydrogen) atoms. The third-order valence-electron chi connectivity index (χ3n) is 4.12. The fourth-order valence-corrected chi connectivity index (χ4v) is 3.56. The van der Waals surface area contributed by atoms with E-state index < -0.39 is 10.0 Å². The number of amides is 1. The molecule has 1 N–H and O–H groups in total. The number of piperazine rings is 1. The van der Waals surface area contributed by atoms with Gasteiger partial charge in [-0.05, 0) is 36.4 Å². The molecule has 0 unspecified atom stereocenters. The summed E-state index contributed by atoms with van der Waals surface area (Å²) >= 11 is 0. The van der Waals surface area contributed by atoms with Gasteiger partial charge in [0.05, 0.1) is 11.8 Å². The molecule has 0 saturated carbocycles. The quantitative estimate of drug-likeness (QED) is 0.892. The summed E-state index contributed by atoms with van der Waals surface area (Å²) in [7, 11) is -3.12. The van der Waals surface area contributed by atoms with Gasteiger partial charge in [-0.15, -0.1) is 0 Å². The fraction of sp³-hybridized carbons (Fsp3) is 0.294. The summed E-state index contributed by atoms with van der Waals surface area (Å²) < 4.78 is 24.6. The predicted molar refractivity (Wildman–Crippen MR) is 97.3 cm³/mol. The Kier molecular flexibility index (Phi) is 5.00. The molecule has 1 saturated heterocycles. The van der Waals surface area contributed by atoms with E-state index in [1.54, 1.807) is 18.3 Å². The zero-order valence-corrected chi connectivity index (χ0v) is 14.7. The number of carbonyl (C=O) groups excluding carboxylic acids is 1. The molecule has 0 spiro atoms. The first-order valence-corrected chi connectivity index (χ1v) is 9.80. The van der Waals surface area contributed by atoms with E-state index in [9.17, 15) is 13.2 Å². The molecule has 8 heteroatoms. The van der Waals surface area contributed by atoms with Crippen LogP contribution in [0.4, 0.5) is 11.4 Å². The van der Waals surface area contributed by atoms with Crippen LogP contribution < -0.4 is 10.2 Å². The number of nitrogens with one attached hydrogen (secondary N) is 1. The second-order valence-corrected chi connectivity index (χ2v) is 7.87. The zero-order valence-electron chi connectivity index (χ0n) is 13.9. The molecule has 1 aliphatic rings. The molecule has 3 rings (SSSR count). The van der Waals surface area contributed by atoms with Crippen LogP contribution in [0.25, 0.3) is 0 Å². The maximum Gasteiger partial charge on any atom is 0.257 e. The third-order valence-corrected chi connectivity index (χ3v) is 5.42. The van der Waals surface area contributed by atoms with Crippen molar-refractivity contribution in [2.45, 2.75) is 0 Å². The second-order valence-electron chi connectivity index (χ2n) is 5.89. The largest absolute Gasteiger partial charge is 0.369 e. The van der Waals surface area contributed by atoms with Crippen LogP contribution in [0.1, 0.15) is 10.4 Å². The van der Waals surface area contributed by atoms with E-state index in [-0.39, 0.29) is 5.91 Å². The maximum atomic E-state index is 12.1. The molecule has 1 aliphatic heterocycles. The minimum absolute atomic E-state index is 0.206. The van der Waals surface area contributed by atoms with Crippen molar-refractivity contribution in [1.82, 2.24) is 9.29 Å². The number of hydrogen-bond donors (Lipinski definition) is 1. The average Bonchev–Trinajstić information content (AvgIpc) is 2.62. The number of carbonyl (C=O) groups is 1. The van der Waals surface area contributed by atoms with Crippen LogP contribution in [0.15, 0.2) is 48.8 Å². The number of hydrogen-bond acceptors (Lipinski definition) is 5. The average molecular weight is 360 g/mol. The lowest BCUT2D eigenvalue weighted by Gasteiger charge is -2.34. The van der Waals surface area contributed by atoms with Crippen molar-refractivity contribution in [3.8, 4) is 0 Å². The van der Waals surface area contributed by atoms with Gasteiger partial charge >= 0.3 is 0 Å². The minimum atomic E-state index is -3.12. The van der Waals surface area contributed by atoms with Crippen LogP contribution >= 0.6 is 0 Å². The molecule has 0 bridgehead atoms. The zero-order chi connectivity index (χ0) is 17.9. The van der Waals surface area contributed by atoms with Gasteiger partial charge in [-0.25, -0.2) is 8.42 Å². The summed E-state index contributed by atoms with van der Waals surface area (Å²) in [5.41, 5.74) is 2.21. The van der Waals surface area contributed by atoms with Gasteiger partial charge in [0.2, 0.25) is 10.0 Å². The Balaban J connectivity index is 1.60. The van der Waals surface area contributed by atoms with E-state index in [2.05, 4.69) is 15.2 Å². The SMILES string of the molecule is CS(=O)(=O)N1CCN(c2ccc(NC(=O)c3cccnc3)cc2)CC1. The van der Waals surface area contributed by atoms with Gasteiger partial charge in [0.15, 0.2) is 0 Å². The number of anilines is 2. The Morgan fingerprint density at radius 3 is 2.32 bits per heavy atom. The van der Waals surface area contributed by atoms with Crippen molar-refractivity contribution < 1.29 is 13.2 Å². The molecule has 7 nitrogen and oxygen atoms in total. The van der Waals surface area contributed by atoms with Gasteiger partial charge in [0.1, 0.15) is 0 Å². The molecule has 2 aromatic rings. The molecule has 1 aromatic heterocycles. The minimum Gasteiger partial charge on any atom is -0.369 e. The van der Waals surface area contributed by atoms with Crippen LogP contribution in [0, 0.1) is 0 Å². The van der Waals surface area contributed by atoms with Crippen molar-refractivity contribution in [3.63, 3.8) is 0 Å². The van der Waals surface area contributed by atoms with Crippen LogP contribution in [0.2, 0.25) is 0 Å². The summed E-state index contributed by atoms with van der Waals surface area (Å²) in [4.78, 5) is 18.2. The van der Waals surface area contributed by atoms with Crippen LogP contribution in [0.3, 0.4) is 0 Å². The molecule has 0 atom stereocenters. The van der Waals surface area contributed by atoms with E-state index in [0.717, 1.165) is 5.69 Å². The Bertz CT molecular complexity index is 830. The van der Waals surface area contributed by atoms with Crippen LogP contribution in [-0.4, -0.2) is 56.0 Å². The summed E-state index contributed by atoms with van der Waals surface area (Å²) in [6.45, 7) is 2.26. The third kappa shape index (κ3) is 4.34. The number of sulfonamides is 1. The highest BCUT2D eigenvalue weighted by molar-refractivity contribution is 7.88. The number of pyridine rings is 1. The molecule has 0 aliphatic carbocycles. The smallest absolute Gasteiger partial charge is 0.257 e. The maximum absolute atomic E-state index is 12.1. The molecule has 0 radical (unpaired) electrons. The molecule has 1 aromatic carbocycles. The number of rotatable bonds is 4. The topological polar surface area (TPSA) is 82.6 Å². The van der Waals surface area contributed by atoms with Gasteiger partial charge in [-0.3, -0.25) is 9.78 Å². The highest BCUT2D eigenvalue weighted by atomic mass is 32.2. The predicted octanol–water partition coefficient (Wildman–Crippen LogP) is 1.42. The number of aromatic nitrogens is 1. The molecule has 132 valence electrons. The Morgan fingerprint density at radius 2 is 1.76 bits per heavy atom. The number of benzene rings is 1. The lowest BCUT2D eigenvalue weighted by molar-refractivity contribution is 0.102. The van der Waals surface area contributed by atoms with Crippen molar-refractivity contribution in [2.24, 2.45) is 0 Å². The van der Waals surface area contributed by atoms with E-state index in [4.69, 9.17) is 0 Å². The Labute approximate surface area is 147 Å². The first-order valence-electron chi connectivity index (χ1n) is 7.95. The molecule has 1 amide bonds. The Morgan fingerprint density at radius 1 is 1.08 bits per heavy atom. The molecule has 2 heterocycles. The normalized spacial score (nSPS) is 15.8. The molecular formula is C17H20N4O3S. The van der Waals surface area contributed by atoms with E-state index in [0.29, 0.717) is 37.4 Å². The Hall–Kier alpha value is -2.45. The fourth-order valence-electron chi connectivity index (χ4n) is 2.73. The molecule has 1 fully saturated rings. The van der Waals surface area contributed by atoms with E-state index in [1.807, 2.05) is 24.3 Å². The standard InChI is InChI=1S/C17H20N4O3S/c1-25(23,24)21-11-9-20(10-12-21)16-6-4-15(5-7-16)19-17(22)14-3-2-8-18-13-14/h2-8,13H,9-12H2,1H3,(H,19,22). The van der Waals surface area contributed by atoms with Gasteiger partial charge < -0.3 is 10.2 Å². The second kappa shape index (κ2) is 7.20. The van der Waals surface area contributed by atoms with Crippen LogP contribution in [0.5, 0.6) is 0 Å². The van der Waals surface area contributed by atoms with Crippen molar-refractivity contribution in [1.29, 1.82) is 0 Å². The van der Waals surface area contributed by atoms with Gasteiger partial charge in [0.25, 0.3) is 5.91 Å². The molecular weight excluding hydrogens is 340 g/mol. The van der Waals surface area contributed by atoms with Gasteiger partial charge in [-0.2, -0.15) is 4.31 Å².